The third-order valence-electron chi connectivity index (χ3n) is 1.72. The molecule has 15 heavy (non-hydrogen) atoms. The Morgan fingerprint density at radius 1 is 1.60 bits per heavy atom. The fraction of sp³-hybridized carbons (Fsp3) is 0.556. The Balaban J connectivity index is 2.90. The molecule has 6 nitrogen and oxygen atoms in total. The summed E-state index contributed by atoms with van der Waals surface area (Å²) in [6, 6.07) is 1.54. The van der Waals surface area contributed by atoms with Crippen LogP contribution in [-0.2, 0) is 0 Å². The highest BCUT2D eigenvalue weighted by molar-refractivity contribution is 5.36. The first kappa shape index (κ1) is 11.4. The highest BCUT2D eigenvalue weighted by Gasteiger charge is 2.10. The minimum absolute atomic E-state index is 0.112. The summed E-state index contributed by atoms with van der Waals surface area (Å²) in [6.07, 6.45) is 0.879. The molecule has 1 aromatic heterocycles. The highest BCUT2D eigenvalue weighted by Crippen LogP contribution is 2.12. The lowest BCUT2D eigenvalue weighted by Gasteiger charge is -2.13. The predicted octanol–water partition coefficient (Wildman–Crippen LogP) is 0.518. The minimum atomic E-state index is -0.112. The van der Waals surface area contributed by atoms with Crippen LogP contribution in [0.5, 0.6) is 5.88 Å². The lowest BCUT2D eigenvalue weighted by atomic mass is 10.5. The van der Waals surface area contributed by atoms with Crippen molar-refractivity contribution < 1.29 is 9.47 Å². The van der Waals surface area contributed by atoms with E-state index in [0.717, 1.165) is 6.42 Å². The van der Waals surface area contributed by atoms with Gasteiger partial charge in [-0.25, -0.2) is 4.73 Å². The van der Waals surface area contributed by atoms with Crippen molar-refractivity contribution in [3.05, 3.63) is 11.3 Å². The summed E-state index contributed by atoms with van der Waals surface area (Å²) in [5.41, 5.74) is 5.44. The molecule has 0 bridgehead atoms. The lowest BCUT2D eigenvalue weighted by Crippen LogP contribution is -2.35. The summed E-state index contributed by atoms with van der Waals surface area (Å²) in [6.45, 7) is 5.08. The largest absolute Gasteiger partial charge is 0.754 e. The summed E-state index contributed by atoms with van der Waals surface area (Å²) < 4.78 is 5.84. The number of nitrogens with zero attached hydrogens (tertiary/aromatic N) is 2. The third-order valence-corrected chi connectivity index (χ3v) is 1.72. The highest BCUT2D eigenvalue weighted by atomic mass is 16.5. The fourth-order valence-corrected chi connectivity index (χ4v) is 1.07. The zero-order valence-corrected chi connectivity index (χ0v) is 8.99. The molecule has 0 radical (unpaired) electrons. The second-order valence-electron chi connectivity index (χ2n) is 3.01. The maximum Gasteiger partial charge on any atom is 0.347 e. The monoisotopic (exact) mass is 212 g/mol. The number of aromatic nitrogens is 2. The maximum absolute atomic E-state index is 11.4. The molecular formula is C9H16N4O2. The molecular weight excluding hydrogens is 196 g/mol. The Morgan fingerprint density at radius 2 is 2.33 bits per heavy atom. The normalized spacial score (nSPS) is 10.0. The number of nitrogens with two attached hydrogens (primary N) is 1. The van der Waals surface area contributed by atoms with Crippen LogP contribution in [0.15, 0.2) is 6.07 Å². The van der Waals surface area contributed by atoms with Crippen molar-refractivity contribution in [2.75, 3.05) is 24.2 Å². The minimum Gasteiger partial charge on any atom is -0.754 e. The molecule has 1 heterocycles. The van der Waals surface area contributed by atoms with Gasteiger partial charge in [0.25, 0.3) is 5.88 Å². The van der Waals surface area contributed by atoms with Gasteiger partial charge in [0.05, 0.1) is 12.7 Å². The van der Waals surface area contributed by atoms with E-state index in [1.165, 1.54) is 0 Å². The Labute approximate surface area is 88.7 Å². The van der Waals surface area contributed by atoms with Crippen molar-refractivity contribution in [3.8, 4) is 5.88 Å². The van der Waals surface area contributed by atoms with E-state index in [-0.39, 0.29) is 5.95 Å². The lowest BCUT2D eigenvalue weighted by molar-refractivity contribution is -0.577. The second kappa shape index (κ2) is 5.23. The standard InChI is InChI=1S/C9H16N4O2/c1-3-5-15-8-6-7(11-4-2)13(14)9(10)12-8/h6,11H,3-5H2,1-2H3,(H2,10,12). The van der Waals surface area contributed by atoms with E-state index in [0.29, 0.717) is 29.6 Å². The van der Waals surface area contributed by atoms with Crippen LogP contribution in [0, 0.1) is 5.21 Å². The number of nitrogens with one attached hydrogen (secondary N) is 1. The molecule has 1 rings (SSSR count). The second-order valence-corrected chi connectivity index (χ2v) is 3.01. The van der Waals surface area contributed by atoms with E-state index in [1.807, 2.05) is 13.8 Å². The summed E-state index contributed by atoms with van der Waals surface area (Å²) >= 11 is 0. The Hall–Kier alpha value is -1.72. The molecule has 0 aliphatic carbocycles. The SMILES string of the molecule is CCCOc1cc(NCC)[n+]([O-])c(N)n1. The Kier molecular flexibility index (Phi) is 3.96. The molecule has 1 aromatic rings. The molecule has 3 N–H and O–H groups in total. The summed E-state index contributed by atoms with van der Waals surface area (Å²) in [7, 11) is 0. The van der Waals surface area contributed by atoms with Gasteiger partial charge in [0.1, 0.15) is 0 Å². The van der Waals surface area contributed by atoms with Crippen molar-refractivity contribution in [1.29, 1.82) is 0 Å². The molecule has 0 amide bonds. The van der Waals surface area contributed by atoms with Gasteiger partial charge < -0.3 is 21.0 Å². The quantitative estimate of drug-likeness (QED) is 0.548. The average molecular weight is 212 g/mol. The molecule has 0 unspecified atom stereocenters. The van der Waals surface area contributed by atoms with Crippen LogP contribution in [0.4, 0.5) is 11.8 Å². The van der Waals surface area contributed by atoms with Gasteiger partial charge in [0, 0.05) is 6.54 Å². The number of nitrogen functional groups attached to an aromatic ring is 1. The number of hydrogen-bond donors (Lipinski definition) is 2. The Bertz CT molecular complexity index is 330. The van der Waals surface area contributed by atoms with Crippen LogP contribution in [0.3, 0.4) is 0 Å². The predicted molar refractivity (Wildman–Crippen MR) is 57.6 cm³/mol. The van der Waals surface area contributed by atoms with Crippen LogP contribution in [0.2, 0.25) is 0 Å². The van der Waals surface area contributed by atoms with Crippen LogP contribution >= 0.6 is 0 Å². The zero-order chi connectivity index (χ0) is 11.3. The smallest absolute Gasteiger partial charge is 0.347 e. The first-order chi connectivity index (χ1) is 7.19. The molecule has 0 saturated heterocycles. The summed E-state index contributed by atoms with van der Waals surface area (Å²) in [4.78, 5) is 3.82. The molecule has 0 aromatic carbocycles. The number of ether oxygens (including phenoxy) is 1. The molecule has 0 aliphatic rings. The van der Waals surface area contributed by atoms with Gasteiger partial charge in [0.2, 0.25) is 5.82 Å². The van der Waals surface area contributed by atoms with Gasteiger partial charge in [-0.05, 0) is 13.3 Å². The maximum atomic E-state index is 11.4. The van der Waals surface area contributed by atoms with Crippen molar-refractivity contribution in [3.63, 3.8) is 0 Å². The molecule has 84 valence electrons. The van der Waals surface area contributed by atoms with Crippen molar-refractivity contribution >= 4 is 11.8 Å². The van der Waals surface area contributed by atoms with E-state index in [2.05, 4.69) is 10.3 Å². The van der Waals surface area contributed by atoms with Crippen LogP contribution in [0.25, 0.3) is 0 Å². The van der Waals surface area contributed by atoms with Crippen molar-refractivity contribution in [1.82, 2.24) is 4.98 Å². The van der Waals surface area contributed by atoms with Gasteiger partial charge in [-0.3, -0.25) is 0 Å². The van der Waals surface area contributed by atoms with E-state index in [1.54, 1.807) is 6.07 Å². The fourth-order valence-electron chi connectivity index (χ4n) is 1.07. The van der Waals surface area contributed by atoms with E-state index >= 15 is 0 Å². The van der Waals surface area contributed by atoms with Crippen molar-refractivity contribution in [2.45, 2.75) is 20.3 Å². The van der Waals surface area contributed by atoms with Crippen LogP contribution in [-0.4, -0.2) is 18.1 Å². The van der Waals surface area contributed by atoms with Gasteiger partial charge in [-0.1, -0.05) is 11.9 Å². The first-order valence-electron chi connectivity index (χ1n) is 4.95. The van der Waals surface area contributed by atoms with E-state index in [9.17, 15) is 5.21 Å². The number of hydrogen-bond acceptors (Lipinski definition) is 5. The molecule has 0 fully saturated rings. The van der Waals surface area contributed by atoms with Gasteiger partial charge in [0.15, 0.2) is 0 Å². The van der Waals surface area contributed by atoms with Gasteiger partial charge >= 0.3 is 5.95 Å². The van der Waals surface area contributed by atoms with Gasteiger partial charge in [-0.2, -0.15) is 0 Å². The topological polar surface area (TPSA) is 87.1 Å². The van der Waals surface area contributed by atoms with Crippen LogP contribution < -0.4 is 20.5 Å². The van der Waals surface area contributed by atoms with Gasteiger partial charge in [-0.15, -0.1) is 0 Å². The van der Waals surface area contributed by atoms with E-state index < -0.39 is 0 Å². The first-order valence-corrected chi connectivity index (χ1v) is 4.95. The molecule has 0 aliphatic heterocycles. The summed E-state index contributed by atoms with van der Waals surface area (Å²) in [5, 5.41) is 14.3. The number of anilines is 2. The summed E-state index contributed by atoms with van der Waals surface area (Å²) in [5.74, 6) is 0.619. The molecule has 0 atom stereocenters. The number of rotatable bonds is 5. The Morgan fingerprint density at radius 3 is 2.93 bits per heavy atom. The molecule has 0 saturated carbocycles. The molecule has 6 heteroatoms. The average Bonchev–Trinajstić information content (AvgIpc) is 2.22. The van der Waals surface area contributed by atoms with Crippen molar-refractivity contribution in [2.24, 2.45) is 0 Å². The van der Waals surface area contributed by atoms with Crippen LogP contribution in [0.1, 0.15) is 20.3 Å². The zero-order valence-electron chi connectivity index (χ0n) is 8.99. The third kappa shape index (κ3) is 2.87. The van der Waals surface area contributed by atoms with E-state index in [4.69, 9.17) is 10.5 Å². The molecule has 0 spiro atoms.